The van der Waals surface area contributed by atoms with E-state index in [0.29, 0.717) is 23.3 Å². The Morgan fingerprint density at radius 2 is 1.66 bits per heavy atom. The largest absolute Gasteiger partial charge is 0.492 e. The molecule has 0 amide bonds. The van der Waals surface area contributed by atoms with E-state index >= 15 is 0 Å². The molecule has 2 aliphatic rings. The first-order valence-corrected chi connectivity index (χ1v) is 14.0. The van der Waals surface area contributed by atoms with E-state index < -0.39 is 0 Å². The number of rotatable bonds is 5. The summed E-state index contributed by atoms with van der Waals surface area (Å²) in [4.78, 5) is 12.6. The highest BCUT2D eigenvalue weighted by atomic mass is 35.5. The molecular formula is C33H27ClN6O. The van der Waals surface area contributed by atoms with Crippen LogP contribution in [0.3, 0.4) is 0 Å². The van der Waals surface area contributed by atoms with Gasteiger partial charge in [-0.15, -0.1) is 0 Å². The van der Waals surface area contributed by atoms with Crippen molar-refractivity contribution >= 4 is 46.2 Å². The molecule has 2 aliphatic heterocycles. The van der Waals surface area contributed by atoms with Crippen molar-refractivity contribution in [1.82, 2.24) is 9.78 Å². The van der Waals surface area contributed by atoms with Gasteiger partial charge in [-0.1, -0.05) is 66.2 Å². The molecule has 3 heterocycles. The molecule has 1 aromatic heterocycles. The van der Waals surface area contributed by atoms with Crippen LogP contribution >= 0.6 is 11.6 Å². The molecule has 202 valence electrons. The lowest BCUT2D eigenvalue weighted by Gasteiger charge is -2.40. The number of para-hydroxylation sites is 5. The van der Waals surface area contributed by atoms with Gasteiger partial charge in [0.1, 0.15) is 5.75 Å². The monoisotopic (exact) mass is 558 g/mol. The third kappa shape index (κ3) is 4.35. The van der Waals surface area contributed by atoms with Crippen LogP contribution in [0.2, 0.25) is 5.02 Å². The average molecular weight is 559 g/mol. The summed E-state index contributed by atoms with van der Waals surface area (Å²) in [6, 6.07) is 33.8. The zero-order chi connectivity index (χ0) is 27.9. The van der Waals surface area contributed by atoms with E-state index in [2.05, 4.69) is 22.3 Å². The normalized spacial score (nSPS) is 15.3. The van der Waals surface area contributed by atoms with Crippen LogP contribution in [0.5, 0.6) is 5.75 Å². The van der Waals surface area contributed by atoms with Crippen LogP contribution in [-0.2, 0) is 0 Å². The Labute approximate surface area is 243 Å². The van der Waals surface area contributed by atoms with E-state index in [0.717, 1.165) is 51.1 Å². The Morgan fingerprint density at radius 1 is 0.878 bits per heavy atom. The van der Waals surface area contributed by atoms with Crippen molar-refractivity contribution in [2.75, 3.05) is 16.8 Å². The minimum atomic E-state index is -0.246. The third-order valence-electron chi connectivity index (χ3n) is 7.24. The predicted molar refractivity (Wildman–Crippen MR) is 166 cm³/mol. The zero-order valence-corrected chi connectivity index (χ0v) is 23.4. The first-order valence-electron chi connectivity index (χ1n) is 13.6. The summed E-state index contributed by atoms with van der Waals surface area (Å²) in [5.74, 6) is 2.81. The van der Waals surface area contributed by atoms with Gasteiger partial charge in [0.2, 0.25) is 0 Å². The lowest BCUT2D eigenvalue weighted by Crippen LogP contribution is -2.46. The van der Waals surface area contributed by atoms with Crippen LogP contribution in [0.4, 0.5) is 22.9 Å². The van der Waals surface area contributed by atoms with Crippen LogP contribution in [0.15, 0.2) is 113 Å². The van der Waals surface area contributed by atoms with E-state index in [-0.39, 0.29) is 6.04 Å². The van der Waals surface area contributed by atoms with Gasteiger partial charge in [-0.25, -0.2) is 14.7 Å². The highest BCUT2D eigenvalue weighted by Crippen LogP contribution is 2.48. The lowest BCUT2D eigenvalue weighted by molar-refractivity contribution is 0.342. The van der Waals surface area contributed by atoms with Crippen molar-refractivity contribution in [1.29, 1.82) is 0 Å². The molecule has 0 saturated heterocycles. The second kappa shape index (κ2) is 10.3. The van der Waals surface area contributed by atoms with Crippen molar-refractivity contribution in [3.8, 4) is 11.4 Å². The van der Waals surface area contributed by atoms with Gasteiger partial charge in [0, 0.05) is 10.6 Å². The average Bonchev–Trinajstić information content (AvgIpc) is 3.33. The number of aliphatic imine (C=N–C) groups is 2. The van der Waals surface area contributed by atoms with E-state index in [1.54, 1.807) is 0 Å². The fourth-order valence-corrected chi connectivity index (χ4v) is 5.72. The van der Waals surface area contributed by atoms with E-state index in [1.807, 2.05) is 110 Å². The molecule has 8 heteroatoms. The Kier molecular flexibility index (Phi) is 6.29. The zero-order valence-electron chi connectivity index (χ0n) is 22.6. The number of anilines is 2. The first-order chi connectivity index (χ1) is 20.1. The Bertz CT molecular complexity index is 1830. The molecule has 41 heavy (non-hydrogen) atoms. The van der Waals surface area contributed by atoms with Crippen molar-refractivity contribution < 1.29 is 4.74 Å². The third-order valence-corrected chi connectivity index (χ3v) is 7.48. The first kappa shape index (κ1) is 25.1. The van der Waals surface area contributed by atoms with E-state index in [9.17, 15) is 0 Å². The highest BCUT2D eigenvalue weighted by Gasteiger charge is 2.41. The number of hydrogen-bond donors (Lipinski definition) is 1. The molecule has 7 rings (SSSR count). The van der Waals surface area contributed by atoms with Crippen LogP contribution in [0.25, 0.3) is 5.69 Å². The molecule has 0 fully saturated rings. The van der Waals surface area contributed by atoms with Crippen molar-refractivity contribution in [2.24, 2.45) is 9.98 Å². The Balaban J connectivity index is 1.49. The second-order valence-corrected chi connectivity index (χ2v) is 10.3. The number of nitrogens with zero attached hydrogens (tertiary/aromatic N) is 5. The number of nitrogens with one attached hydrogen (secondary N) is 1. The maximum absolute atomic E-state index is 6.57. The molecule has 4 aromatic carbocycles. The van der Waals surface area contributed by atoms with Crippen molar-refractivity contribution in [3.05, 3.63) is 125 Å². The summed E-state index contributed by atoms with van der Waals surface area (Å²) in [5.41, 5.74) is 6.49. The lowest BCUT2D eigenvalue weighted by atomic mass is 9.93. The smallest absolute Gasteiger partial charge is 0.179 e. The molecule has 1 unspecified atom stereocenters. The van der Waals surface area contributed by atoms with Gasteiger partial charge in [0.15, 0.2) is 17.5 Å². The number of amidine groups is 2. The van der Waals surface area contributed by atoms with Gasteiger partial charge in [0.05, 0.1) is 41.1 Å². The molecule has 7 nitrogen and oxygen atoms in total. The number of benzene rings is 4. The highest BCUT2D eigenvalue weighted by molar-refractivity contribution is 6.51. The fraction of sp³-hybridized carbons (Fsp3) is 0.121. The van der Waals surface area contributed by atoms with Crippen LogP contribution in [0.1, 0.15) is 29.8 Å². The SMILES string of the molecule is CCOc1ccccc1NC1=Nc2ccccc2N2C1=Nc1c(c(C)nn1-c1ccccc1)C2c1cccc(Cl)c1. The number of fused-ring (bicyclic) bond motifs is 4. The quantitative estimate of drug-likeness (QED) is 0.237. The Morgan fingerprint density at radius 3 is 2.49 bits per heavy atom. The standard InChI is InChI=1S/C33H27ClN6O/c1-3-41-28-19-10-8-17-26(28)36-31-33-37-32-29(21(2)38-40(32)24-14-5-4-6-15-24)30(22-12-11-13-23(34)20-22)39(33)27-18-9-7-16-25(27)35-31/h4-20,30H,3H2,1-2H3,(H,35,36). The fourth-order valence-electron chi connectivity index (χ4n) is 5.52. The second-order valence-electron chi connectivity index (χ2n) is 9.84. The predicted octanol–water partition coefficient (Wildman–Crippen LogP) is 8.03. The number of aromatic nitrogens is 2. The summed E-state index contributed by atoms with van der Waals surface area (Å²) in [7, 11) is 0. The number of aryl methyl sites for hydroxylation is 1. The molecule has 1 N–H and O–H groups in total. The molecule has 1 atom stereocenters. The molecule has 0 radical (unpaired) electrons. The van der Waals surface area contributed by atoms with Gasteiger partial charge < -0.3 is 15.0 Å². The maximum Gasteiger partial charge on any atom is 0.179 e. The summed E-state index contributed by atoms with van der Waals surface area (Å²) >= 11 is 6.57. The maximum atomic E-state index is 6.57. The van der Waals surface area contributed by atoms with Gasteiger partial charge in [-0.3, -0.25) is 0 Å². The molecular weight excluding hydrogens is 532 g/mol. The van der Waals surface area contributed by atoms with Gasteiger partial charge >= 0.3 is 0 Å². The van der Waals surface area contributed by atoms with Crippen LogP contribution in [0, 0.1) is 6.92 Å². The van der Waals surface area contributed by atoms with Crippen molar-refractivity contribution in [2.45, 2.75) is 19.9 Å². The molecule has 0 spiro atoms. The number of ether oxygens (including phenoxy) is 1. The summed E-state index contributed by atoms with van der Waals surface area (Å²) < 4.78 is 7.84. The van der Waals surface area contributed by atoms with Gasteiger partial charge in [-0.05, 0) is 67.9 Å². The van der Waals surface area contributed by atoms with Gasteiger partial charge in [-0.2, -0.15) is 5.10 Å². The molecule has 0 bridgehead atoms. The van der Waals surface area contributed by atoms with Gasteiger partial charge in [0.25, 0.3) is 0 Å². The number of halogens is 1. The van der Waals surface area contributed by atoms with Crippen molar-refractivity contribution in [3.63, 3.8) is 0 Å². The molecule has 5 aromatic rings. The summed E-state index contributed by atoms with van der Waals surface area (Å²) in [5, 5.41) is 9.21. The molecule has 0 aliphatic carbocycles. The van der Waals surface area contributed by atoms with Crippen LogP contribution in [-0.4, -0.2) is 28.1 Å². The summed E-state index contributed by atoms with van der Waals surface area (Å²) in [6.07, 6.45) is 0. The minimum Gasteiger partial charge on any atom is -0.492 e. The number of hydrogen-bond acceptors (Lipinski definition) is 6. The minimum absolute atomic E-state index is 0.246. The van der Waals surface area contributed by atoms with E-state index in [1.165, 1.54) is 0 Å². The topological polar surface area (TPSA) is 67.0 Å². The van der Waals surface area contributed by atoms with E-state index in [4.69, 9.17) is 31.4 Å². The summed E-state index contributed by atoms with van der Waals surface area (Å²) in [6.45, 7) is 4.57. The van der Waals surface area contributed by atoms with Crippen LogP contribution < -0.4 is 15.0 Å². The molecule has 0 saturated carbocycles. The Hall–Kier alpha value is -4.88.